The molecule has 0 aliphatic heterocycles. The Balaban J connectivity index is 1.95. The Bertz CT molecular complexity index is 1100. The number of ether oxygens (including phenoxy) is 2. The summed E-state index contributed by atoms with van der Waals surface area (Å²) >= 11 is 0. The fourth-order valence-corrected chi connectivity index (χ4v) is 3.32. The van der Waals surface area contributed by atoms with Crippen LogP contribution in [-0.4, -0.2) is 40.7 Å². The largest absolute Gasteiger partial charge is 0.496 e. The van der Waals surface area contributed by atoms with Crippen molar-refractivity contribution in [3.05, 3.63) is 37.3 Å². The van der Waals surface area contributed by atoms with Gasteiger partial charge in [-0.25, -0.2) is 14.8 Å². The number of carbonyl (C=O) groups is 2. The van der Waals surface area contributed by atoms with E-state index in [-0.39, 0.29) is 5.92 Å². The van der Waals surface area contributed by atoms with Crippen LogP contribution in [0, 0.1) is 5.92 Å². The summed E-state index contributed by atoms with van der Waals surface area (Å²) in [6.45, 7) is 9.21. The average molecular weight is 471 g/mol. The predicted octanol–water partition coefficient (Wildman–Crippen LogP) is 4.88. The molecule has 0 spiro atoms. The Morgan fingerprint density at radius 2 is 1.65 bits per heavy atom. The molecule has 0 bridgehead atoms. The van der Waals surface area contributed by atoms with Crippen LogP contribution in [0.1, 0.15) is 41.0 Å². The van der Waals surface area contributed by atoms with Gasteiger partial charge in [0.15, 0.2) is 24.3 Å². The van der Waals surface area contributed by atoms with Crippen LogP contribution in [0.15, 0.2) is 46.1 Å². The number of oxazole rings is 2. The van der Waals surface area contributed by atoms with Crippen LogP contribution in [0.25, 0.3) is 22.6 Å². The van der Waals surface area contributed by atoms with Gasteiger partial charge in [-0.1, -0.05) is 13.8 Å². The number of benzene rings is 1. The van der Waals surface area contributed by atoms with E-state index < -0.39 is 23.6 Å². The number of alkyl carbamates (subject to hydrolysis) is 1. The molecular weight excluding hydrogens is 440 g/mol. The van der Waals surface area contributed by atoms with Gasteiger partial charge in [-0.15, -0.1) is 0 Å². The van der Waals surface area contributed by atoms with Crippen molar-refractivity contribution in [2.45, 2.75) is 52.7 Å². The summed E-state index contributed by atoms with van der Waals surface area (Å²) in [5.74, 6) is 1.10. The molecule has 0 saturated heterocycles. The van der Waals surface area contributed by atoms with Gasteiger partial charge in [0.1, 0.15) is 17.4 Å². The Hall–Kier alpha value is -3.82. The third kappa shape index (κ3) is 6.37. The van der Waals surface area contributed by atoms with E-state index in [2.05, 4.69) is 20.6 Å². The van der Waals surface area contributed by atoms with Crippen LogP contribution in [-0.2, 0) is 9.53 Å². The molecule has 0 aliphatic rings. The second kappa shape index (κ2) is 10.4. The first-order chi connectivity index (χ1) is 16.1. The fourth-order valence-electron chi connectivity index (χ4n) is 3.32. The number of anilines is 1. The van der Waals surface area contributed by atoms with Gasteiger partial charge in [-0.3, -0.25) is 4.79 Å². The molecule has 0 fully saturated rings. The van der Waals surface area contributed by atoms with Crippen molar-refractivity contribution in [2.24, 2.45) is 5.92 Å². The van der Waals surface area contributed by atoms with Crippen molar-refractivity contribution >= 4 is 17.7 Å². The zero-order chi connectivity index (χ0) is 24.9. The van der Waals surface area contributed by atoms with Gasteiger partial charge in [0.05, 0.1) is 30.8 Å². The van der Waals surface area contributed by atoms with E-state index in [4.69, 9.17) is 18.3 Å². The number of nitrogens with one attached hydrogen (secondary N) is 2. The molecule has 2 amide bonds. The summed E-state index contributed by atoms with van der Waals surface area (Å²) in [4.78, 5) is 33.6. The first kappa shape index (κ1) is 24.8. The van der Waals surface area contributed by atoms with E-state index in [9.17, 15) is 9.59 Å². The molecule has 3 aromatic rings. The molecule has 0 unspecified atom stereocenters. The Labute approximate surface area is 198 Å². The van der Waals surface area contributed by atoms with Crippen LogP contribution < -0.4 is 15.4 Å². The number of hydrogen-bond donors (Lipinski definition) is 2. The number of nitrogens with zero attached hydrogens (tertiary/aromatic N) is 2. The number of rotatable bonds is 8. The van der Waals surface area contributed by atoms with Crippen molar-refractivity contribution in [2.75, 3.05) is 12.4 Å². The monoisotopic (exact) mass is 470 g/mol. The number of aromatic nitrogens is 2. The Morgan fingerprint density at radius 1 is 1.03 bits per heavy atom. The van der Waals surface area contributed by atoms with E-state index in [1.54, 1.807) is 39.1 Å². The second-order valence-corrected chi connectivity index (χ2v) is 9.15. The molecule has 1 atom stereocenters. The number of methoxy groups -OCH3 is 1. The minimum atomic E-state index is -0.822. The van der Waals surface area contributed by atoms with Gasteiger partial charge >= 0.3 is 6.09 Å². The van der Waals surface area contributed by atoms with Gasteiger partial charge in [0, 0.05) is 11.6 Å². The highest BCUT2D eigenvalue weighted by atomic mass is 16.6. The second-order valence-electron chi connectivity index (χ2n) is 9.15. The molecule has 0 saturated carbocycles. The van der Waals surface area contributed by atoms with E-state index in [0.717, 1.165) is 0 Å². The van der Waals surface area contributed by atoms with Crippen molar-refractivity contribution in [1.82, 2.24) is 15.3 Å². The van der Waals surface area contributed by atoms with E-state index in [0.29, 0.717) is 40.5 Å². The lowest BCUT2D eigenvalue weighted by atomic mass is 10.0. The molecular formula is C24H30N4O6. The third-order valence-corrected chi connectivity index (χ3v) is 4.71. The predicted molar refractivity (Wildman–Crippen MR) is 125 cm³/mol. The quantitative estimate of drug-likeness (QED) is 0.476. The third-order valence-electron chi connectivity index (χ3n) is 4.71. The molecule has 2 heterocycles. The lowest BCUT2D eigenvalue weighted by Crippen LogP contribution is -2.46. The molecule has 0 aliphatic carbocycles. The zero-order valence-corrected chi connectivity index (χ0v) is 20.2. The van der Waals surface area contributed by atoms with Gasteiger partial charge in [0.2, 0.25) is 5.91 Å². The molecule has 2 aromatic heterocycles. The SMILES string of the molecule is COc1cc(NC(=O)[C@@H](CC(C)C)NC(=O)OC(C)(C)C)c(-c2cnco2)cc1-c1cnco1. The fraction of sp³-hybridized carbons (Fsp3) is 0.417. The molecule has 1 aromatic carbocycles. The maximum Gasteiger partial charge on any atom is 0.408 e. The van der Waals surface area contributed by atoms with Crippen LogP contribution in [0.3, 0.4) is 0 Å². The zero-order valence-electron chi connectivity index (χ0n) is 20.2. The highest BCUT2D eigenvalue weighted by Crippen LogP contribution is 2.39. The van der Waals surface area contributed by atoms with E-state index >= 15 is 0 Å². The molecule has 3 rings (SSSR count). The van der Waals surface area contributed by atoms with Gasteiger partial charge < -0.3 is 28.9 Å². The van der Waals surface area contributed by atoms with Crippen LogP contribution in [0.5, 0.6) is 5.75 Å². The van der Waals surface area contributed by atoms with Crippen LogP contribution in [0.4, 0.5) is 10.5 Å². The number of amides is 2. The smallest absolute Gasteiger partial charge is 0.408 e. The molecule has 2 N–H and O–H groups in total. The average Bonchev–Trinajstić information content (AvgIpc) is 3.45. The van der Waals surface area contributed by atoms with E-state index in [1.807, 2.05) is 13.8 Å². The van der Waals surface area contributed by atoms with E-state index in [1.165, 1.54) is 26.1 Å². The number of hydrogen-bond acceptors (Lipinski definition) is 8. The minimum absolute atomic E-state index is 0.141. The molecule has 0 radical (unpaired) electrons. The minimum Gasteiger partial charge on any atom is -0.496 e. The summed E-state index contributed by atoms with van der Waals surface area (Å²) in [6, 6.07) is 2.60. The molecule has 182 valence electrons. The van der Waals surface area contributed by atoms with Gasteiger partial charge in [-0.2, -0.15) is 0 Å². The van der Waals surface area contributed by atoms with Crippen molar-refractivity contribution in [3.8, 4) is 28.4 Å². The van der Waals surface area contributed by atoms with Gasteiger partial charge in [-0.05, 0) is 39.2 Å². The van der Waals surface area contributed by atoms with Gasteiger partial charge in [0.25, 0.3) is 0 Å². The highest BCUT2D eigenvalue weighted by Gasteiger charge is 2.27. The van der Waals surface area contributed by atoms with Crippen LogP contribution >= 0.6 is 0 Å². The molecule has 34 heavy (non-hydrogen) atoms. The van der Waals surface area contributed by atoms with Crippen molar-refractivity contribution < 1.29 is 27.9 Å². The Kier molecular flexibility index (Phi) is 7.60. The topological polar surface area (TPSA) is 129 Å². The standard InChI is InChI=1S/C24H30N4O6/c1-14(2)7-18(28-23(30)34-24(3,4)5)22(29)27-17-9-19(31-6)16(21-11-26-13-33-21)8-15(17)20-10-25-12-32-20/h8-14,18H,7H2,1-6H3,(H,27,29)(H,28,30)/t18-/m1/s1. The van der Waals surface area contributed by atoms with Crippen LogP contribution in [0.2, 0.25) is 0 Å². The Morgan fingerprint density at radius 3 is 2.15 bits per heavy atom. The van der Waals surface area contributed by atoms with Crippen molar-refractivity contribution in [1.29, 1.82) is 0 Å². The summed E-state index contributed by atoms with van der Waals surface area (Å²) < 4.78 is 21.8. The maximum absolute atomic E-state index is 13.3. The first-order valence-electron chi connectivity index (χ1n) is 10.9. The first-order valence-corrected chi connectivity index (χ1v) is 10.9. The lowest BCUT2D eigenvalue weighted by Gasteiger charge is -2.24. The molecule has 10 nitrogen and oxygen atoms in total. The summed E-state index contributed by atoms with van der Waals surface area (Å²) in [7, 11) is 1.51. The summed E-state index contributed by atoms with van der Waals surface area (Å²) in [5.41, 5.74) is 0.905. The lowest BCUT2D eigenvalue weighted by molar-refractivity contribution is -0.118. The maximum atomic E-state index is 13.3. The van der Waals surface area contributed by atoms with Crippen molar-refractivity contribution in [3.63, 3.8) is 0 Å². The normalized spacial score (nSPS) is 12.3. The highest BCUT2D eigenvalue weighted by molar-refractivity contribution is 6.00. The summed E-state index contributed by atoms with van der Waals surface area (Å²) in [6.07, 6.45) is 5.45. The summed E-state index contributed by atoms with van der Waals surface area (Å²) in [5, 5.41) is 5.57. The number of carbonyl (C=O) groups excluding carboxylic acids is 2. The molecule has 10 heteroatoms.